The van der Waals surface area contributed by atoms with Gasteiger partial charge in [0, 0.05) is 22.7 Å². The van der Waals surface area contributed by atoms with Gasteiger partial charge in [-0.05, 0) is 54.6 Å². The van der Waals surface area contributed by atoms with E-state index in [4.69, 9.17) is 4.74 Å². The summed E-state index contributed by atoms with van der Waals surface area (Å²) in [6, 6.07) is 7.60. The van der Waals surface area contributed by atoms with Gasteiger partial charge in [-0.15, -0.1) is 0 Å². The van der Waals surface area contributed by atoms with Crippen molar-refractivity contribution in [3.63, 3.8) is 0 Å². The van der Waals surface area contributed by atoms with E-state index in [2.05, 4.69) is 22.6 Å². The summed E-state index contributed by atoms with van der Waals surface area (Å²) in [6.07, 6.45) is 0.205. The summed E-state index contributed by atoms with van der Waals surface area (Å²) in [5.74, 6) is 0.0378. The minimum atomic E-state index is 0.0378. The summed E-state index contributed by atoms with van der Waals surface area (Å²) in [6.45, 7) is 5.16. The second kappa shape index (κ2) is 6.96. The van der Waals surface area contributed by atoms with Crippen LogP contribution in [0.25, 0.3) is 0 Å². The van der Waals surface area contributed by atoms with Gasteiger partial charge in [-0.25, -0.2) is 0 Å². The minimum absolute atomic E-state index is 0.0378. The molecule has 0 aliphatic rings. The molecule has 4 heteroatoms. The van der Waals surface area contributed by atoms with Gasteiger partial charge in [0.25, 0.3) is 5.91 Å². The Morgan fingerprint density at radius 1 is 1.47 bits per heavy atom. The molecule has 0 N–H and O–H groups in total. The van der Waals surface area contributed by atoms with E-state index < -0.39 is 0 Å². The van der Waals surface area contributed by atoms with Gasteiger partial charge in [-0.1, -0.05) is 6.07 Å². The number of nitrogens with zero attached hydrogens (tertiary/aromatic N) is 1. The van der Waals surface area contributed by atoms with Crippen LogP contribution in [0.2, 0.25) is 0 Å². The number of hydrogen-bond donors (Lipinski definition) is 0. The molecule has 0 atom stereocenters. The second-order valence-corrected chi connectivity index (χ2v) is 5.40. The quantitative estimate of drug-likeness (QED) is 0.767. The molecule has 0 heterocycles. The van der Waals surface area contributed by atoms with E-state index in [-0.39, 0.29) is 12.0 Å². The van der Waals surface area contributed by atoms with E-state index in [1.165, 1.54) is 0 Å². The predicted molar refractivity (Wildman–Crippen MR) is 77.2 cm³/mol. The molecule has 0 unspecified atom stereocenters. The van der Waals surface area contributed by atoms with Crippen LogP contribution in [0.15, 0.2) is 24.3 Å². The molecule has 1 amide bonds. The fourth-order valence-corrected chi connectivity index (χ4v) is 1.91. The van der Waals surface area contributed by atoms with Crippen LogP contribution in [0.5, 0.6) is 0 Å². The largest absolute Gasteiger partial charge is 0.377 e. The van der Waals surface area contributed by atoms with Crippen molar-refractivity contribution in [2.75, 3.05) is 20.2 Å². The molecule has 0 aliphatic heterocycles. The molecular weight excluding hydrogens is 329 g/mol. The van der Waals surface area contributed by atoms with Gasteiger partial charge in [-0.3, -0.25) is 4.79 Å². The Labute approximate surface area is 116 Å². The molecule has 0 aliphatic carbocycles. The Kier molecular flexibility index (Phi) is 5.91. The first-order valence-electron chi connectivity index (χ1n) is 5.63. The van der Waals surface area contributed by atoms with Crippen LogP contribution >= 0.6 is 22.6 Å². The molecule has 1 rings (SSSR count). The second-order valence-electron chi connectivity index (χ2n) is 4.16. The fraction of sp³-hybridized carbons (Fsp3) is 0.462. The third kappa shape index (κ3) is 5.04. The summed E-state index contributed by atoms with van der Waals surface area (Å²) in [4.78, 5) is 13.7. The van der Waals surface area contributed by atoms with Crippen LogP contribution in [0.1, 0.15) is 24.2 Å². The van der Waals surface area contributed by atoms with Crippen LogP contribution in [0, 0.1) is 3.57 Å². The average Bonchev–Trinajstić information content (AvgIpc) is 2.27. The summed E-state index contributed by atoms with van der Waals surface area (Å²) < 4.78 is 6.50. The van der Waals surface area contributed by atoms with Gasteiger partial charge in [0.05, 0.1) is 12.7 Å². The molecule has 94 valence electrons. The lowest BCUT2D eigenvalue weighted by atomic mass is 10.2. The van der Waals surface area contributed by atoms with Gasteiger partial charge in [0.1, 0.15) is 0 Å². The standard InChI is InChI=1S/C13H18INO2/c1-10(2)17-8-7-15(3)13(16)11-5-4-6-12(14)9-11/h4-6,9-10H,7-8H2,1-3H3. The van der Waals surface area contributed by atoms with Crippen molar-refractivity contribution in [1.82, 2.24) is 4.90 Å². The fourth-order valence-electron chi connectivity index (χ4n) is 1.37. The summed E-state index contributed by atoms with van der Waals surface area (Å²) >= 11 is 2.20. The SMILES string of the molecule is CC(C)OCCN(C)C(=O)c1cccc(I)c1. The highest BCUT2D eigenvalue weighted by Gasteiger charge is 2.11. The molecule has 0 spiro atoms. The maximum atomic E-state index is 12.0. The average molecular weight is 347 g/mol. The van der Waals surface area contributed by atoms with E-state index >= 15 is 0 Å². The van der Waals surface area contributed by atoms with Gasteiger partial charge >= 0.3 is 0 Å². The van der Waals surface area contributed by atoms with Crippen LogP contribution in [0.4, 0.5) is 0 Å². The Hall–Kier alpha value is -0.620. The third-order valence-corrected chi connectivity index (χ3v) is 2.97. The highest BCUT2D eigenvalue weighted by atomic mass is 127. The first-order chi connectivity index (χ1) is 8.00. The lowest BCUT2D eigenvalue weighted by molar-refractivity contribution is 0.0532. The third-order valence-electron chi connectivity index (χ3n) is 2.30. The Morgan fingerprint density at radius 3 is 2.76 bits per heavy atom. The van der Waals surface area contributed by atoms with E-state index in [9.17, 15) is 4.79 Å². The van der Waals surface area contributed by atoms with Crippen molar-refractivity contribution in [2.45, 2.75) is 20.0 Å². The summed E-state index contributed by atoms with van der Waals surface area (Å²) in [5, 5.41) is 0. The van der Waals surface area contributed by atoms with Crippen molar-refractivity contribution in [2.24, 2.45) is 0 Å². The van der Waals surface area contributed by atoms with E-state index in [0.717, 1.165) is 9.13 Å². The highest BCUT2D eigenvalue weighted by Crippen LogP contribution is 2.09. The topological polar surface area (TPSA) is 29.5 Å². The van der Waals surface area contributed by atoms with Crippen molar-refractivity contribution < 1.29 is 9.53 Å². The van der Waals surface area contributed by atoms with Crippen LogP contribution in [-0.2, 0) is 4.74 Å². The maximum Gasteiger partial charge on any atom is 0.253 e. The molecule has 0 fully saturated rings. The van der Waals surface area contributed by atoms with Gasteiger partial charge in [-0.2, -0.15) is 0 Å². The number of rotatable bonds is 5. The Balaban J connectivity index is 2.52. The number of benzene rings is 1. The summed E-state index contributed by atoms with van der Waals surface area (Å²) in [5.41, 5.74) is 0.726. The zero-order valence-corrected chi connectivity index (χ0v) is 12.6. The van der Waals surface area contributed by atoms with Gasteiger partial charge in [0.2, 0.25) is 0 Å². The van der Waals surface area contributed by atoms with E-state index in [0.29, 0.717) is 13.2 Å². The lowest BCUT2D eigenvalue weighted by Gasteiger charge is -2.18. The van der Waals surface area contributed by atoms with Crippen LogP contribution < -0.4 is 0 Å². The molecule has 1 aromatic rings. The number of amides is 1. The molecule has 0 saturated carbocycles. The number of hydrogen-bond acceptors (Lipinski definition) is 2. The van der Waals surface area contributed by atoms with Crippen molar-refractivity contribution >= 4 is 28.5 Å². The lowest BCUT2D eigenvalue weighted by Crippen LogP contribution is -2.30. The molecule has 17 heavy (non-hydrogen) atoms. The molecule has 0 bridgehead atoms. The molecule has 0 aromatic heterocycles. The Bertz CT molecular complexity index is 379. The minimum Gasteiger partial charge on any atom is -0.377 e. The monoisotopic (exact) mass is 347 g/mol. The predicted octanol–water partition coefficient (Wildman–Crippen LogP) is 2.79. The van der Waals surface area contributed by atoms with Gasteiger partial charge in [0.15, 0.2) is 0 Å². The zero-order chi connectivity index (χ0) is 12.8. The van der Waals surface area contributed by atoms with Crippen molar-refractivity contribution in [1.29, 1.82) is 0 Å². The molecule has 1 aromatic carbocycles. The Morgan fingerprint density at radius 2 is 2.18 bits per heavy atom. The maximum absolute atomic E-state index is 12.0. The smallest absolute Gasteiger partial charge is 0.253 e. The first kappa shape index (κ1) is 14.4. The van der Waals surface area contributed by atoms with Crippen molar-refractivity contribution in [3.05, 3.63) is 33.4 Å². The number of ether oxygens (including phenoxy) is 1. The molecule has 0 radical (unpaired) electrons. The number of likely N-dealkylation sites (N-methyl/N-ethyl adjacent to an activating group) is 1. The number of carbonyl (C=O) groups is 1. The molecule has 3 nitrogen and oxygen atoms in total. The van der Waals surface area contributed by atoms with E-state index in [1.54, 1.807) is 11.9 Å². The first-order valence-corrected chi connectivity index (χ1v) is 6.71. The van der Waals surface area contributed by atoms with E-state index in [1.807, 2.05) is 38.1 Å². The van der Waals surface area contributed by atoms with Gasteiger partial charge < -0.3 is 9.64 Å². The zero-order valence-electron chi connectivity index (χ0n) is 10.4. The van der Waals surface area contributed by atoms with Crippen LogP contribution in [0.3, 0.4) is 0 Å². The molecular formula is C13H18INO2. The summed E-state index contributed by atoms with van der Waals surface area (Å²) in [7, 11) is 1.80. The normalized spacial score (nSPS) is 10.6. The number of halogens is 1. The molecule has 0 saturated heterocycles. The van der Waals surface area contributed by atoms with Crippen molar-refractivity contribution in [3.8, 4) is 0 Å². The van der Waals surface area contributed by atoms with Crippen LogP contribution in [-0.4, -0.2) is 37.1 Å². The highest BCUT2D eigenvalue weighted by molar-refractivity contribution is 14.1. The number of carbonyl (C=O) groups excluding carboxylic acids is 1.